The van der Waals surface area contributed by atoms with Crippen molar-refractivity contribution in [3.8, 4) is 0 Å². The maximum Gasteiger partial charge on any atom is 0.0210 e. The predicted molar refractivity (Wildman–Crippen MR) is 83.6 cm³/mol. The summed E-state index contributed by atoms with van der Waals surface area (Å²) in [5, 5.41) is 3.63. The van der Waals surface area contributed by atoms with Gasteiger partial charge in [0, 0.05) is 6.54 Å². The van der Waals surface area contributed by atoms with Crippen LogP contribution in [0.5, 0.6) is 0 Å². The average molecular weight is 259 g/mol. The fourth-order valence-electron chi connectivity index (χ4n) is 3.52. The van der Waals surface area contributed by atoms with Gasteiger partial charge in [0.2, 0.25) is 0 Å². The van der Waals surface area contributed by atoms with Crippen LogP contribution in [0.25, 0.3) is 0 Å². The van der Waals surface area contributed by atoms with Crippen molar-refractivity contribution < 1.29 is 0 Å². The highest BCUT2D eigenvalue weighted by Crippen LogP contribution is 2.28. The summed E-state index contributed by atoms with van der Waals surface area (Å²) in [5.74, 6) is 1.03. The lowest BCUT2D eigenvalue weighted by molar-refractivity contribution is 0.470. The molecule has 0 heterocycles. The van der Waals surface area contributed by atoms with E-state index in [9.17, 15) is 0 Å². The van der Waals surface area contributed by atoms with Gasteiger partial charge in [0.1, 0.15) is 0 Å². The summed E-state index contributed by atoms with van der Waals surface area (Å²) >= 11 is 0. The summed E-state index contributed by atoms with van der Waals surface area (Å²) in [4.78, 5) is 0. The minimum Gasteiger partial charge on any atom is -0.313 e. The van der Waals surface area contributed by atoms with Gasteiger partial charge in [-0.2, -0.15) is 0 Å². The van der Waals surface area contributed by atoms with Crippen molar-refractivity contribution in [1.82, 2.24) is 5.32 Å². The lowest BCUT2D eigenvalue weighted by Gasteiger charge is -2.13. The fraction of sp³-hybridized carbons (Fsp3) is 0.667. The second kappa shape index (κ2) is 7.09. The molecule has 0 aliphatic heterocycles. The van der Waals surface area contributed by atoms with Crippen LogP contribution in [0.2, 0.25) is 0 Å². The normalized spacial score (nSPS) is 16.2. The topological polar surface area (TPSA) is 12.0 Å². The summed E-state index contributed by atoms with van der Waals surface area (Å²) in [6.45, 7) is 8.84. The smallest absolute Gasteiger partial charge is 0.0210 e. The third kappa shape index (κ3) is 4.35. The quantitative estimate of drug-likeness (QED) is 0.732. The molecule has 0 radical (unpaired) electrons. The zero-order chi connectivity index (χ0) is 13.7. The maximum atomic E-state index is 3.63. The first-order valence-electron chi connectivity index (χ1n) is 7.94. The van der Waals surface area contributed by atoms with Gasteiger partial charge in [-0.25, -0.2) is 0 Å². The van der Waals surface area contributed by atoms with Gasteiger partial charge in [0.05, 0.1) is 0 Å². The van der Waals surface area contributed by atoms with Crippen LogP contribution in [-0.2, 0) is 6.54 Å². The number of benzene rings is 1. The van der Waals surface area contributed by atoms with E-state index < -0.39 is 0 Å². The van der Waals surface area contributed by atoms with Crippen molar-refractivity contribution >= 4 is 0 Å². The van der Waals surface area contributed by atoms with E-state index in [2.05, 4.69) is 38.2 Å². The highest BCUT2D eigenvalue weighted by molar-refractivity contribution is 5.37. The summed E-state index contributed by atoms with van der Waals surface area (Å²) in [6, 6.07) is 4.59. The molecule has 0 unspecified atom stereocenters. The van der Waals surface area contributed by atoms with Crippen LogP contribution in [0.4, 0.5) is 0 Å². The molecular formula is C18H29N. The number of rotatable bonds is 6. The van der Waals surface area contributed by atoms with Gasteiger partial charge in [0.15, 0.2) is 0 Å². The van der Waals surface area contributed by atoms with Crippen molar-refractivity contribution in [1.29, 1.82) is 0 Å². The molecule has 1 fully saturated rings. The van der Waals surface area contributed by atoms with Crippen LogP contribution >= 0.6 is 0 Å². The van der Waals surface area contributed by atoms with Crippen LogP contribution < -0.4 is 5.32 Å². The molecule has 0 aromatic heterocycles. The van der Waals surface area contributed by atoms with Crippen LogP contribution in [0.1, 0.15) is 60.8 Å². The van der Waals surface area contributed by atoms with Gasteiger partial charge in [-0.3, -0.25) is 0 Å². The van der Waals surface area contributed by atoms with Gasteiger partial charge in [0.25, 0.3) is 0 Å². The molecule has 0 amide bonds. The second-order valence-corrected chi connectivity index (χ2v) is 6.35. The first-order chi connectivity index (χ1) is 9.16. The SMILES string of the molecule is Cc1cc(C)c(CNCCCC2CCCC2)c(C)c1. The summed E-state index contributed by atoms with van der Waals surface area (Å²) in [5.41, 5.74) is 5.73. The largest absolute Gasteiger partial charge is 0.313 e. The van der Waals surface area contributed by atoms with Gasteiger partial charge >= 0.3 is 0 Å². The Morgan fingerprint density at radius 1 is 1.05 bits per heavy atom. The molecule has 1 N–H and O–H groups in total. The first kappa shape index (κ1) is 14.6. The Balaban J connectivity index is 1.70. The molecule has 1 nitrogen and oxygen atoms in total. The molecular weight excluding hydrogens is 230 g/mol. The van der Waals surface area contributed by atoms with Gasteiger partial charge < -0.3 is 5.32 Å². The van der Waals surface area contributed by atoms with E-state index in [-0.39, 0.29) is 0 Å². The van der Waals surface area contributed by atoms with Gasteiger partial charge in [-0.1, -0.05) is 43.4 Å². The number of hydrogen-bond acceptors (Lipinski definition) is 1. The third-order valence-corrected chi connectivity index (χ3v) is 4.58. The van der Waals surface area contributed by atoms with Crippen LogP contribution in [0, 0.1) is 26.7 Å². The molecule has 1 heteroatoms. The van der Waals surface area contributed by atoms with Gasteiger partial charge in [-0.05, 0) is 62.8 Å². The lowest BCUT2D eigenvalue weighted by atomic mass is 9.99. The molecule has 1 aliphatic rings. The summed E-state index contributed by atoms with van der Waals surface area (Å²) < 4.78 is 0. The molecule has 2 rings (SSSR count). The minimum absolute atomic E-state index is 1.03. The predicted octanol–water partition coefficient (Wildman–Crippen LogP) is 4.67. The third-order valence-electron chi connectivity index (χ3n) is 4.58. The van der Waals surface area contributed by atoms with Crippen molar-refractivity contribution in [2.24, 2.45) is 5.92 Å². The molecule has 1 aromatic rings. The van der Waals surface area contributed by atoms with Crippen molar-refractivity contribution in [3.05, 3.63) is 34.4 Å². The highest BCUT2D eigenvalue weighted by atomic mass is 14.8. The highest BCUT2D eigenvalue weighted by Gasteiger charge is 2.13. The van der Waals surface area contributed by atoms with Crippen molar-refractivity contribution in [2.75, 3.05) is 6.54 Å². The van der Waals surface area contributed by atoms with E-state index in [1.807, 2.05) is 0 Å². The Labute approximate surface area is 118 Å². The molecule has 106 valence electrons. The van der Waals surface area contributed by atoms with Crippen LogP contribution in [-0.4, -0.2) is 6.54 Å². The van der Waals surface area contributed by atoms with E-state index in [0.29, 0.717) is 0 Å². The zero-order valence-electron chi connectivity index (χ0n) is 12.9. The summed E-state index contributed by atoms with van der Waals surface area (Å²) in [7, 11) is 0. The molecule has 0 saturated heterocycles. The second-order valence-electron chi connectivity index (χ2n) is 6.35. The number of nitrogens with one attached hydrogen (secondary N) is 1. The summed E-state index contributed by atoms with van der Waals surface area (Å²) in [6.07, 6.45) is 8.68. The van der Waals surface area contributed by atoms with E-state index >= 15 is 0 Å². The monoisotopic (exact) mass is 259 g/mol. The average Bonchev–Trinajstić information content (AvgIpc) is 2.84. The first-order valence-corrected chi connectivity index (χ1v) is 7.94. The van der Waals surface area contributed by atoms with E-state index in [0.717, 1.165) is 12.5 Å². The standard InChI is InChI=1S/C18H29N/c1-14-11-15(2)18(16(3)12-14)13-19-10-6-9-17-7-4-5-8-17/h11-12,17,19H,4-10,13H2,1-3H3. The fourth-order valence-corrected chi connectivity index (χ4v) is 3.52. The molecule has 0 spiro atoms. The van der Waals surface area contributed by atoms with E-state index in [4.69, 9.17) is 0 Å². The zero-order valence-corrected chi connectivity index (χ0v) is 12.9. The number of hydrogen-bond donors (Lipinski definition) is 1. The Bertz CT molecular complexity index is 379. The Hall–Kier alpha value is -0.820. The molecule has 0 atom stereocenters. The Morgan fingerprint density at radius 2 is 1.68 bits per heavy atom. The molecule has 0 bridgehead atoms. The van der Waals surface area contributed by atoms with Crippen molar-refractivity contribution in [2.45, 2.75) is 65.8 Å². The van der Waals surface area contributed by atoms with E-state index in [1.54, 1.807) is 0 Å². The van der Waals surface area contributed by atoms with Crippen molar-refractivity contribution in [3.63, 3.8) is 0 Å². The molecule has 1 saturated carbocycles. The Kier molecular flexibility index (Phi) is 5.45. The Morgan fingerprint density at radius 3 is 2.32 bits per heavy atom. The molecule has 1 aromatic carbocycles. The molecule has 1 aliphatic carbocycles. The van der Waals surface area contributed by atoms with Gasteiger partial charge in [-0.15, -0.1) is 0 Å². The number of aryl methyl sites for hydroxylation is 3. The lowest BCUT2D eigenvalue weighted by Crippen LogP contribution is -2.17. The maximum absolute atomic E-state index is 3.63. The molecule has 19 heavy (non-hydrogen) atoms. The van der Waals surface area contributed by atoms with Crippen LogP contribution in [0.3, 0.4) is 0 Å². The minimum atomic E-state index is 1.03. The van der Waals surface area contributed by atoms with E-state index in [1.165, 1.54) is 67.3 Å². The van der Waals surface area contributed by atoms with Crippen LogP contribution in [0.15, 0.2) is 12.1 Å².